The molecule has 1 aromatic rings. The van der Waals surface area contributed by atoms with Crippen LogP contribution in [0.2, 0.25) is 0 Å². The third-order valence-electron chi connectivity index (χ3n) is 2.40. The molecule has 0 saturated carbocycles. The maximum atomic E-state index is 11.6. The Morgan fingerprint density at radius 3 is 2.94 bits per heavy atom. The number of nitrogens with one attached hydrogen (secondary N) is 1. The Morgan fingerprint density at radius 1 is 1.44 bits per heavy atom. The lowest BCUT2D eigenvalue weighted by Gasteiger charge is -2.11. The molecule has 1 heterocycles. The molecule has 0 spiro atoms. The molecule has 1 amide bonds. The van der Waals surface area contributed by atoms with E-state index in [1.807, 2.05) is 24.3 Å². The molecular formula is C12H11BrN2O3. The maximum absolute atomic E-state index is 11.6. The van der Waals surface area contributed by atoms with Crippen LogP contribution in [-0.4, -0.2) is 17.6 Å². The highest BCUT2D eigenvalue weighted by Gasteiger charge is 2.19. The van der Waals surface area contributed by atoms with Crippen LogP contribution in [-0.2, 0) is 20.9 Å². The molecule has 0 radical (unpaired) electrons. The van der Waals surface area contributed by atoms with Crippen molar-refractivity contribution in [1.29, 1.82) is 0 Å². The fraction of sp³-hybridized carbons (Fsp3) is 0.250. The van der Waals surface area contributed by atoms with Gasteiger partial charge in [-0.15, -0.1) is 0 Å². The topological polar surface area (TPSA) is 67.8 Å². The summed E-state index contributed by atoms with van der Waals surface area (Å²) >= 11 is 3.34. The van der Waals surface area contributed by atoms with E-state index < -0.39 is 5.97 Å². The van der Waals surface area contributed by atoms with Crippen LogP contribution in [0.4, 0.5) is 0 Å². The van der Waals surface area contributed by atoms with Gasteiger partial charge in [-0.3, -0.25) is 4.79 Å². The molecular weight excluding hydrogens is 300 g/mol. The first-order chi connectivity index (χ1) is 8.65. The molecule has 1 aromatic carbocycles. The van der Waals surface area contributed by atoms with Crippen LogP contribution in [0.15, 0.2) is 33.8 Å². The molecule has 0 aromatic heterocycles. The summed E-state index contributed by atoms with van der Waals surface area (Å²) in [5, 5.41) is 3.67. The Morgan fingerprint density at radius 2 is 2.28 bits per heavy atom. The van der Waals surface area contributed by atoms with Gasteiger partial charge in [0.2, 0.25) is 5.91 Å². The predicted molar refractivity (Wildman–Crippen MR) is 68.7 cm³/mol. The second-order valence-electron chi connectivity index (χ2n) is 3.80. The molecule has 5 nitrogen and oxygen atoms in total. The molecule has 0 fully saturated rings. The molecule has 1 aliphatic heterocycles. The average molecular weight is 311 g/mol. The van der Waals surface area contributed by atoms with E-state index in [1.54, 1.807) is 0 Å². The summed E-state index contributed by atoms with van der Waals surface area (Å²) in [5.74, 6) is -0.673. The van der Waals surface area contributed by atoms with Gasteiger partial charge in [0.1, 0.15) is 12.3 Å². The largest absolute Gasteiger partial charge is 0.456 e. The lowest BCUT2D eigenvalue weighted by atomic mass is 10.2. The van der Waals surface area contributed by atoms with Crippen LogP contribution in [0, 0.1) is 0 Å². The molecule has 0 aliphatic carbocycles. The zero-order valence-corrected chi connectivity index (χ0v) is 11.1. The third-order valence-corrected chi connectivity index (χ3v) is 2.89. The summed E-state index contributed by atoms with van der Waals surface area (Å²) in [6.45, 7) is 0.186. The fourth-order valence-corrected chi connectivity index (χ4v) is 1.93. The van der Waals surface area contributed by atoms with Crippen molar-refractivity contribution in [1.82, 2.24) is 5.43 Å². The second-order valence-corrected chi connectivity index (χ2v) is 4.72. The minimum Gasteiger partial charge on any atom is -0.456 e. The van der Waals surface area contributed by atoms with Crippen molar-refractivity contribution < 1.29 is 14.3 Å². The Kier molecular flexibility index (Phi) is 4.09. The van der Waals surface area contributed by atoms with Gasteiger partial charge in [-0.1, -0.05) is 28.1 Å². The van der Waals surface area contributed by atoms with E-state index in [0.717, 1.165) is 10.0 Å². The van der Waals surface area contributed by atoms with Crippen molar-refractivity contribution in [3.63, 3.8) is 0 Å². The van der Waals surface area contributed by atoms with Crippen LogP contribution in [0.5, 0.6) is 0 Å². The van der Waals surface area contributed by atoms with Gasteiger partial charge in [0, 0.05) is 17.3 Å². The zero-order valence-electron chi connectivity index (χ0n) is 9.48. The lowest BCUT2D eigenvalue weighted by Crippen LogP contribution is -2.30. The quantitative estimate of drug-likeness (QED) is 0.865. The Balaban J connectivity index is 1.91. The summed E-state index contributed by atoms with van der Waals surface area (Å²) in [4.78, 5) is 22.5. The standard InChI is InChI=1S/C12H11BrN2O3/c13-9-3-1-2-8(6-9)7-18-12(17)10-4-5-11(16)15-14-10/h1-3,6H,4-5,7H2,(H,15,16). The van der Waals surface area contributed by atoms with Gasteiger partial charge in [0.05, 0.1) is 0 Å². The summed E-state index contributed by atoms with van der Waals surface area (Å²) < 4.78 is 6.04. The van der Waals surface area contributed by atoms with Crippen molar-refractivity contribution in [2.24, 2.45) is 5.10 Å². The lowest BCUT2D eigenvalue weighted by molar-refractivity contribution is -0.137. The molecule has 0 atom stereocenters. The van der Waals surface area contributed by atoms with Crippen molar-refractivity contribution in [2.75, 3.05) is 0 Å². The predicted octanol–water partition coefficient (Wildman–Crippen LogP) is 1.76. The number of carbonyl (C=O) groups is 2. The monoisotopic (exact) mass is 310 g/mol. The molecule has 6 heteroatoms. The highest BCUT2D eigenvalue weighted by Crippen LogP contribution is 2.12. The minimum atomic E-state index is -0.491. The van der Waals surface area contributed by atoms with Crippen LogP contribution in [0.25, 0.3) is 0 Å². The van der Waals surface area contributed by atoms with Crippen LogP contribution in [0.3, 0.4) is 0 Å². The fourth-order valence-electron chi connectivity index (χ4n) is 1.48. The Labute approximate surface area is 112 Å². The van der Waals surface area contributed by atoms with Crippen LogP contribution < -0.4 is 5.43 Å². The summed E-state index contributed by atoms with van der Waals surface area (Å²) in [5.41, 5.74) is 3.40. The average Bonchev–Trinajstić information content (AvgIpc) is 2.37. The molecule has 18 heavy (non-hydrogen) atoms. The van der Waals surface area contributed by atoms with Gasteiger partial charge in [-0.05, 0) is 17.7 Å². The Bertz CT molecular complexity index is 514. The number of benzene rings is 1. The summed E-state index contributed by atoms with van der Waals surface area (Å²) in [6.07, 6.45) is 0.591. The molecule has 0 unspecified atom stereocenters. The van der Waals surface area contributed by atoms with Gasteiger partial charge >= 0.3 is 5.97 Å². The Hall–Kier alpha value is -1.69. The summed E-state index contributed by atoms with van der Waals surface area (Å²) in [6, 6.07) is 7.50. The van der Waals surface area contributed by atoms with Crippen molar-refractivity contribution in [2.45, 2.75) is 19.4 Å². The van der Waals surface area contributed by atoms with Crippen LogP contribution in [0.1, 0.15) is 18.4 Å². The molecule has 2 rings (SSSR count). The third kappa shape index (κ3) is 3.40. The smallest absolute Gasteiger partial charge is 0.354 e. The number of amides is 1. The van der Waals surface area contributed by atoms with Gasteiger partial charge in [-0.25, -0.2) is 10.2 Å². The second kappa shape index (κ2) is 5.77. The van der Waals surface area contributed by atoms with Gasteiger partial charge in [-0.2, -0.15) is 5.10 Å². The first kappa shape index (κ1) is 12.8. The maximum Gasteiger partial charge on any atom is 0.354 e. The first-order valence-electron chi connectivity index (χ1n) is 5.42. The molecule has 0 saturated heterocycles. The van der Waals surface area contributed by atoms with E-state index in [2.05, 4.69) is 26.5 Å². The molecule has 94 valence electrons. The van der Waals surface area contributed by atoms with E-state index in [-0.39, 0.29) is 24.6 Å². The van der Waals surface area contributed by atoms with E-state index in [0.29, 0.717) is 6.42 Å². The molecule has 1 aliphatic rings. The van der Waals surface area contributed by atoms with E-state index >= 15 is 0 Å². The van der Waals surface area contributed by atoms with Crippen molar-refractivity contribution in [3.05, 3.63) is 34.3 Å². The van der Waals surface area contributed by atoms with Gasteiger partial charge in [0.25, 0.3) is 0 Å². The molecule has 0 bridgehead atoms. The number of rotatable bonds is 3. The summed E-state index contributed by atoms with van der Waals surface area (Å²) in [7, 11) is 0. The van der Waals surface area contributed by atoms with Crippen molar-refractivity contribution >= 4 is 33.5 Å². The number of nitrogens with zero attached hydrogens (tertiary/aromatic N) is 1. The number of carbonyl (C=O) groups excluding carboxylic acids is 2. The highest BCUT2D eigenvalue weighted by molar-refractivity contribution is 9.10. The number of hydrazone groups is 1. The molecule has 1 N–H and O–H groups in total. The van der Waals surface area contributed by atoms with E-state index in [1.165, 1.54) is 0 Å². The van der Waals surface area contributed by atoms with Gasteiger partial charge in [0.15, 0.2) is 0 Å². The van der Waals surface area contributed by atoms with Crippen LogP contribution >= 0.6 is 15.9 Å². The number of halogens is 1. The number of ether oxygens (including phenoxy) is 1. The number of esters is 1. The van der Waals surface area contributed by atoms with Crippen molar-refractivity contribution in [3.8, 4) is 0 Å². The number of hydrogen-bond donors (Lipinski definition) is 1. The normalized spacial score (nSPS) is 14.7. The van der Waals surface area contributed by atoms with E-state index in [9.17, 15) is 9.59 Å². The first-order valence-corrected chi connectivity index (χ1v) is 6.21. The minimum absolute atomic E-state index is 0.182. The van der Waals surface area contributed by atoms with E-state index in [4.69, 9.17) is 4.74 Å². The van der Waals surface area contributed by atoms with Gasteiger partial charge < -0.3 is 4.74 Å². The number of hydrogen-bond acceptors (Lipinski definition) is 4. The SMILES string of the molecule is O=C1CCC(C(=O)OCc2cccc(Br)c2)=NN1. The zero-order chi connectivity index (χ0) is 13.0. The highest BCUT2D eigenvalue weighted by atomic mass is 79.9.